The highest BCUT2D eigenvalue weighted by molar-refractivity contribution is 5.79. The molecule has 0 aliphatic carbocycles. The molecule has 5 nitrogen and oxygen atoms in total. The molecule has 0 aliphatic heterocycles. The molecule has 4 N–H and O–H groups in total. The van der Waals surface area contributed by atoms with Crippen molar-refractivity contribution >= 4 is 23.1 Å². The van der Waals surface area contributed by atoms with E-state index in [9.17, 15) is 4.79 Å². The summed E-state index contributed by atoms with van der Waals surface area (Å²) in [7, 11) is 1.67. The van der Waals surface area contributed by atoms with Gasteiger partial charge in [0, 0.05) is 35.1 Å². The minimum atomic E-state index is -0.581. The van der Waals surface area contributed by atoms with Gasteiger partial charge in [0.2, 0.25) is 0 Å². The van der Waals surface area contributed by atoms with Gasteiger partial charge in [0.25, 0.3) is 5.56 Å². The summed E-state index contributed by atoms with van der Waals surface area (Å²) in [6.07, 6.45) is 6.46. The lowest BCUT2D eigenvalue weighted by Gasteiger charge is -2.14. The first-order valence-electron chi connectivity index (χ1n) is 8.97. The van der Waals surface area contributed by atoms with Crippen LogP contribution in [0.4, 0.5) is 0 Å². The summed E-state index contributed by atoms with van der Waals surface area (Å²) >= 11 is 0. The number of rotatable bonds is 7. The van der Waals surface area contributed by atoms with Gasteiger partial charge in [0.1, 0.15) is 0 Å². The van der Waals surface area contributed by atoms with E-state index in [1.807, 2.05) is 49.4 Å². The molecule has 1 unspecified atom stereocenters. The van der Waals surface area contributed by atoms with Crippen LogP contribution >= 0.6 is 0 Å². The molecule has 0 spiro atoms. The summed E-state index contributed by atoms with van der Waals surface area (Å²) in [5.41, 5.74) is 11.5. The zero-order chi connectivity index (χ0) is 19.4. The van der Waals surface area contributed by atoms with Crippen molar-refractivity contribution in [2.75, 3.05) is 13.7 Å². The van der Waals surface area contributed by atoms with E-state index in [1.54, 1.807) is 13.2 Å². The van der Waals surface area contributed by atoms with E-state index >= 15 is 0 Å². The minimum absolute atomic E-state index is 0.179. The van der Waals surface area contributed by atoms with Crippen molar-refractivity contribution in [1.82, 2.24) is 9.97 Å². The first-order valence-corrected chi connectivity index (χ1v) is 8.97. The molecule has 0 bridgehead atoms. The van der Waals surface area contributed by atoms with E-state index in [0.29, 0.717) is 18.6 Å². The van der Waals surface area contributed by atoms with Crippen molar-refractivity contribution < 1.29 is 4.74 Å². The van der Waals surface area contributed by atoms with Crippen molar-refractivity contribution in [1.29, 1.82) is 0 Å². The second-order valence-electron chi connectivity index (χ2n) is 6.41. The van der Waals surface area contributed by atoms with Crippen molar-refractivity contribution in [3.8, 4) is 0 Å². The Labute approximate surface area is 158 Å². The van der Waals surface area contributed by atoms with Crippen LogP contribution in [0, 0.1) is 0 Å². The molecule has 2 aromatic heterocycles. The molecule has 0 aliphatic rings. The van der Waals surface area contributed by atoms with Gasteiger partial charge in [-0.3, -0.25) is 4.79 Å². The zero-order valence-corrected chi connectivity index (χ0v) is 15.7. The fraction of sp³-hybridized carbons (Fsp3) is 0.227. The molecule has 0 saturated heterocycles. The summed E-state index contributed by atoms with van der Waals surface area (Å²) in [4.78, 5) is 18.9. The summed E-state index contributed by atoms with van der Waals surface area (Å²) in [5.74, 6) is 0. The number of nitrogens with two attached hydrogens (primary N) is 1. The van der Waals surface area contributed by atoms with Crippen LogP contribution in [0.2, 0.25) is 0 Å². The van der Waals surface area contributed by atoms with E-state index in [1.165, 1.54) is 0 Å². The molecule has 3 rings (SSSR count). The summed E-state index contributed by atoms with van der Waals surface area (Å²) in [6.45, 7) is 6.42. The Morgan fingerprint density at radius 3 is 2.78 bits per heavy atom. The number of allylic oxidation sites excluding steroid dienone is 1. The van der Waals surface area contributed by atoms with Crippen LogP contribution in [0.5, 0.6) is 0 Å². The lowest BCUT2D eigenvalue weighted by atomic mass is 9.97. The van der Waals surface area contributed by atoms with Crippen LogP contribution in [-0.2, 0) is 11.2 Å². The van der Waals surface area contributed by atoms with E-state index in [2.05, 4.69) is 16.5 Å². The Balaban J connectivity index is 2.16. The lowest BCUT2D eigenvalue weighted by molar-refractivity contribution is 0.202. The smallest absolute Gasteiger partial charge is 0.253 e. The average Bonchev–Trinajstić information content (AvgIpc) is 3.03. The first kappa shape index (κ1) is 18.9. The monoisotopic (exact) mass is 363 g/mol. The van der Waals surface area contributed by atoms with Crippen molar-refractivity contribution in [2.45, 2.75) is 19.4 Å². The van der Waals surface area contributed by atoms with Gasteiger partial charge in [-0.05, 0) is 42.5 Å². The molecular weight excluding hydrogens is 338 g/mol. The fourth-order valence-electron chi connectivity index (χ4n) is 3.40. The van der Waals surface area contributed by atoms with Gasteiger partial charge in [-0.25, -0.2) is 0 Å². The Morgan fingerprint density at radius 2 is 2.07 bits per heavy atom. The molecule has 0 saturated carbocycles. The van der Waals surface area contributed by atoms with Gasteiger partial charge < -0.3 is 20.4 Å². The Bertz CT molecular complexity index is 1040. The van der Waals surface area contributed by atoms with Crippen LogP contribution in [0.15, 0.2) is 47.8 Å². The molecule has 1 atom stereocenters. The number of hydrogen-bond acceptors (Lipinski definition) is 3. The number of aromatic amines is 2. The largest absolute Gasteiger partial charge is 0.384 e. The molecule has 5 heteroatoms. The normalized spacial score (nSPS) is 12.7. The van der Waals surface area contributed by atoms with Crippen LogP contribution < -0.4 is 11.3 Å². The minimum Gasteiger partial charge on any atom is -0.384 e. The number of benzene rings is 1. The average molecular weight is 363 g/mol. The second kappa shape index (κ2) is 8.20. The summed E-state index contributed by atoms with van der Waals surface area (Å²) < 4.78 is 5.27. The summed E-state index contributed by atoms with van der Waals surface area (Å²) in [5, 5.41) is 0.949. The number of H-pyrrole nitrogens is 2. The molecular formula is C22H25N3O2. The van der Waals surface area contributed by atoms with Crippen LogP contribution in [0.1, 0.15) is 41.0 Å². The predicted octanol–water partition coefficient (Wildman–Crippen LogP) is 3.77. The topological polar surface area (TPSA) is 83.9 Å². The van der Waals surface area contributed by atoms with Gasteiger partial charge in [-0.1, -0.05) is 36.9 Å². The number of fused-ring (bicyclic) bond motifs is 1. The SMILES string of the molecule is C=Cc1[nH]c(C(N)c2cc3ccccc3[nH]c2=O)c(CCOC)c1/C=C\C. The highest BCUT2D eigenvalue weighted by atomic mass is 16.5. The maximum absolute atomic E-state index is 12.7. The number of para-hydroxylation sites is 1. The van der Waals surface area contributed by atoms with Gasteiger partial charge >= 0.3 is 0 Å². The van der Waals surface area contributed by atoms with E-state index in [-0.39, 0.29) is 5.56 Å². The lowest BCUT2D eigenvalue weighted by Crippen LogP contribution is -2.24. The fourth-order valence-corrected chi connectivity index (χ4v) is 3.40. The van der Waals surface area contributed by atoms with Gasteiger partial charge in [0.15, 0.2) is 0 Å². The molecule has 140 valence electrons. The molecule has 0 radical (unpaired) electrons. The zero-order valence-electron chi connectivity index (χ0n) is 15.7. The number of pyridine rings is 1. The molecule has 27 heavy (non-hydrogen) atoms. The third-order valence-electron chi connectivity index (χ3n) is 4.73. The van der Waals surface area contributed by atoms with E-state index in [4.69, 9.17) is 10.5 Å². The third kappa shape index (κ3) is 3.65. The Hall–Kier alpha value is -2.89. The molecule has 3 aromatic rings. The highest BCUT2D eigenvalue weighted by Gasteiger charge is 2.22. The number of hydrogen-bond donors (Lipinski definition) is 3. The van der Waals surface area contributed by atoms with Crippen molar-refractivity contribution in [3.05, 3.63) is 81.4 Å². The molecule has 2 heterocycles. The first-order chi connectivity index (χ1) is 13.1. The third-order valence-corrected chi connectivity index (χ3v) is 4.73. The van der Waals surface area contributed by atoms with Crippen molar-refractivity contribution in [2.24, 2.45) is 5.73 Å². The summed E-state index contributed by atoms with van der Waals surface area (Å²) in [6, 6.07) is 8.96. The second-order valence-corrected chi connectivity index (χ2v) is 6.41. The molecule has 0 fully saturated rings. The van der Waals surface area contributed by atoms with Gasteiger partial charge in [-0.15, -0.1) is 0 Å². The van der Waals surface area contributed by atoms with Crippen LogP contribution in [0.3, 0.4) is 0 Å². The van der Waals surface area contributed by atoms with Gasteiger partial charge in [-0.2, -0.15) is 0 Å². The highest BCUT2D eigenvalue weighted by Crippen LogP contribution is 2.29. The van der Waals surface area contributed by atoms with E-state index < -0.39 is 6.04 Å². The number of aromatic nitrogens is 2. The number of methoxy groups -OCH3 is 1. The van der Waals surface area contributed by atoms with Crippen molar-refractivity contribution in [3.63, 3.8) is 0 Å². The Kier molecular flexibility index (Phi) is 5.74. The molecule has 1 aromatic carbocycles. The van der Waals surface area contributed by atoms with Gasteiger partial charge in [0.05, 0.1) is 12.6 Å². The predicted molar refractivity (Wildman–Crippen MR) is 112 cm³/mol. The number of ether oxygens (including phenoxy) is 1. The van der Waals surface area contributed by atoms with E-state index in [0.717, 1.165) is 33.4 Å². The van der Waals surface area contributed by atoms with Crippen LogP contribution in [0.25, 0.3) is 23.1 Å². The standard InChI is InChI=1S/C22H25N3O2/c1-4-8-15-16(11-12-27-3)21(24-18(15)5-2)20(23)17-13-14-9-6-7-10-19(14)25-22(17)26/h4-10,13,20,24H,2,11-12,23H2,1,3H3,(H,25,26)/b8-4-. The maximum atomic E-state index is 12.7. The Morgan fingerprint density at radius 1 is 1.30 bits per heavy atom. The maximum Gasteiger partial charge on any atom is 0.253 e. The molecule has 0 amide bonds. The number of nitrogens with one attached hydrogen (secondary N) is 2. The quantitative estimate of drug-likeness (QED) is 0.597. The van der Waals surface area contributed by atoms with Crippen LogP contribution in [-0.4, -0.2) is 23.7 Å².